The molecule has 1 fully saturated rings. The van der Waals surface area contributed by atoms with Crippen molar-refractivity contribution in [1.29, 1.82) is 0 Å². The van der Waals surface area contributed by atoms with Crippen molar-refractivity contribution in [3.63, 3.8) is 0 Å². The number of aliphatic hydroxyl groups is 1. The average Bonchev–Trinajstić information content (AvgIpc) is 2.70. The van der Waals surface area contributed by atoms with Gasteiger partial charge < -0.3 is 5.11 Å². The van der Waals surface area contributed by atoms with E-state index in [2.05, 4.69) is 6.58 Å². The van der Waals surface area contributed by atoms with Gasteiger partial charge in [-0.15, -0.1) is 0 Å². The van der Waals surface area contributed by atoms with Gasteiger partial charge >= 0.3 is 0 Å². The van der Waals surface area contributed by atoms with E-state index in [0.717, 1.165) is 31.3 Å². The van der Waals surface area contributed by atoms with E-state index in [9.17, 15) is 5.11 Å². The highest BCUT2D eigenvalue weighted by atomic mass is 16.3. The molecule has 15 heavy (non-hydrogen) atoms. The van der Waals surface area contributed by atoms with Crippen molar-refractivity contribution in [3.05, 3.63) is 36.5 Å². The number of hydrogen-bond acceptors (Lipinski definition) is 1. The molecule has 0 aliphatic heterocycles. The SMILES string of the molecule is C=C/C=C\C(=C/C)C1(O)CCCC1.CC. The molecule has 0 radical (unpaired) electrons. The van der Waals surface area contributed by atoms with Crippen molar-refractivity contribution in [2.45, 2.75) is 52.1 Å². The van der Waals surface area contributed by atoms with Crippen molar-refractivity contribution < 1.29 is 5.11 Å². The van der Waals surface area contributed by atoms with E-state index in [1.807, 2.05) is 39.0 Å². The maximum atomic E-state index is 10.2. The van der Waals surface area contributed by atoms with Gasteiger partial charge in [0.05, 0.1) is 5.60 Å². The summed E-state index contributed by atoms with van der Waals surface area (Å²) in [6, 6.07) is 0. The molecule has 0 aromatic carbocycles. The molecule has 1 aliphatic rings. The second kappa shape index (κ2) is 7.47. The molecule has 1 rings (SSSR count). The molecule has 0 amide bonds. The van der Waals surface area contributed by atoms with Gasteiger partial charge in [-0.25, -0.2) is 0 Å². The van der Waals surface area contributed by atoms with Crippen LogP contribution >= 0.6 is 0 Å². The van der Waals surface area contributed by atoms with Crippen LogP contribution < -0.4 is 0 Å². The Bertz CT molecular complexity index is 230. The fourth-order valence-corrected chi connectivity index (χ4v) is 1.94. The van der Waals surface area contributed by atoms with E-state index in [1.165, 1.54) is 0 Å². The summed E-state index contributed by atoms with van der Waals surface area (Å²) in [5, 5.41) is 10.2. The molecular formula is C14H24O. The van der Waals surface area contributed by atoms with Crippen molar-refractivity contribution in [2.75, 3.05) is 0 Å². The molecule has 0 bridgehead atoms. The Morgan fingerprint density at radius 1 is 1.27 bits per heavy atom. The maximum Gasteiger partial charge on any atom is 0.0893 e. The van der Waals surface area contributed by atoms with E-state index in [-0.39, 0.29) is 0 Å². The number of allylic oxidation sites excluding steroid dienone is 3. The third kappa shape index (κ3) is 4.05. The molecule has 1 nitrogen and oxygen atoms in total. The molecule has 1 aliphatic carbocycles. The first-order chi connectivity index (χ1) is 7.23. The lowest BCUT2D eigenvalue weighted by Crippen LogP contribution is -2.25. The highest BCUT2D eigenvalue weighted by molar-refractivity contribution is 5.30. The minimum absolute atomic E-state index is 0.561. The predicted octanol–water partition coefficient (Wildman–Crippen LogP) is 4.01. The van der Waals surface area contributed by atoms with Gasteiger partial charge in [-0.2, -0.15) is 0 Å². The molecule has 1 heteroatoms. The first kappa shape index (κ1) is 14.2. The summed E-state index contributed by atoms with van der Waals surface area (Å²) in [6.07, 6.45) is 11.6. The zero-order valence-electron chi connectivity index (χ0n) is 10.3. The summed E-state index contributed by atoms with van der Waals surface area (Å²) >= 11 is 0. The van der Waals surface area contributed by atoms with Gasteiger partial charge in [0, 0.05) is 0 Å². The van der Waals surface area contributed by atoms with Gasteiger partial charge in [-0.05, 0) is 25.3 Å². The molecule has 0 aromatic heterocycles. The van der Waals surface area contributed by atoms with Crippen LogP contribution in [0.1, 0.15) is 46.5 Å². The summed E-state index contributed by atoms with van der Waals surface area (Å²) in [4.78, 5) is 0. The number of hydrogen-bond donors (Lipinski definition) is 1. The fraction of sp³-hybridized carbons (Fsp3) is 0.571. The lowest BCUT2D eigenvalue weighted by Gasteiger charge is -2.23. The molecule has 0 aromatic rings. The summed E-state index contributed by atoms with van der Waals surface area (Å²) in [5.41, 5.74) is 0.471. The first-order valence-corrected chi connectivity index (χ1v) is 5.91. The smallest absolute Gasteiger partial charge is 0.0893 e. The maximum absolute atomic E-state index is 10.2. The van der Waals surface area contributed by atoms with Crippen molar-refractivity contribution >= 4 is 0 Å². The van der Waals surface area contributed by atoms with Gasteiger partial charge in [0.2, 0.25) is 0 Å². The molecule has 0 heterocycles. The monoisotopic (exact) mass is 208 g/mol. The van der Waals surface area contributed by atoms with Gasteiger partial charge in [0.15, 0.2) is 0 Å². The predicted molar refractivity (Wildman–Crippen MR) is 67.9 cm³/mol. The van der Waals surface area contributed by atoms with E-state index >= 15 is 0 Å². The lowest BCUT2D eigenvalue weighted by atomic mass is 9.91. The molecule has 0 atom stereocenters. The highest BCUT2D eigenvalue weighted by Gasteiger charge is 2.33. The Kier molecular flexibility index (Phi) is 7.06. The van der Waals surface area contributed by atoms with Crippen LogP contribution in [0.15, 0.2) is 36.5 Å². The van der Waals surface area contributed by atoms with Gasteiger partial charge in [-0.1, -0.05) is 57.6 Å². The zero-order chi connectivity index (χ0) is 11.7. The minimum Gasteiger partial charge on any atom is -0.385 e. The van der Waals surface area contributed by atoms with Crippen LogP contribution in [-0.4, -0.2) is 10.7 Å². The van der Waals surface area contributed by atoms with Crippen LogP contribution in [0, 0.1) is 0 Å². The zero-order valence-corrected chi connectivity index (χ0v) is 10.3. The first-order valence-electron chi connectivity index (χ1n) is 5.91. The van der Waals surface area contributed by atoms with Crippen LogP contribution in [0.2, 0.25) is 0 Å². The highest BCUT2D eigenvalue weighted by Crippen LogP contribution is 2.36. The largest absolute Gasteiger partial charge is 0.385 e. The topological polar surface area (TPSA) is 20.2 Å². The third-order valence-electron chi connectivity index (χ3n) is 2.69. The standard InChI is InChI=1S/C12H18O.C2H6/c1-3-5-8-11(4-2)12(13)9-6-7-10-12;1-2/h3-5,8,13H,1,6-7,9-10H2,2H3;1-2H3/b8-5-,11-4+;. The fourth-order valence-electron chi connectivity index (χ4n) is 1.94. The molecule has 0 saturated heterocycles. The second-order valence-corrected chi connectivity index (χ2v) is 3.58. The van der Waals surface area contributed by atoms with Gasteiger partial charge in [-0.3, -0.25) is 0 Å². The average molecular weight is 208 g/mol. The Labute approximate surface area is 94.2 Å². The number of rotatable bonds is 3. The van der Waals surface area contributed by atoms with Crippen molar-refractivity contribution in [3.8, 4) is 0 Å². The summed E-state index contributed by atoms with van der Waals surface area (Å²) in [5.74, 6) is 0. The summed E-state index contributed by atoms with van der Waals surface area (Å²) < 4.78 is 0. The second-order valence-electron chi connectivity index (χ2n) is 3.58. The third-order valence-corrected chi connectivity index (χ3v) is 2.69. The molecule has 0 unspecified atom stereocenters. The summed E-state index contributed by atoms with van der Waals surface area (Å²) in [6.45, 7) is 9.59. The van der Waals surface area contributed by atoms with Gasteiger partial charge in [0.25, 0.3) is 0 Å². The van der Waals surface area contributed by atoms with E-state index in [1.54, 1.807) is 6.08 Å². The van der Waals surface area contributed by atoms with Gasteiger partial charge in [0.1, 0.15) is 0 Å². The molecular weight excluding hydrogens is 184 g/mol. The van der Waals surface area contributed by atoms with Crippen LogP contribution in [0.4, 0.5) is 0 Å². The molecule has 1 N–H and O–H groups in total. The Hall–Kier alpha value is -0.820. The Balaban J connectivity index is 0.000000921. The van der Waals surface area contributed by atoms with E-state index in [4.69, 9.17) is 0 Å². The van der Waals surface area contributed by atoms with Crippen LogP contribution in [0.25, 0.3) is 0 Å². The van der Waals surface area contributed by atoms with E-state index in [0.29, 0.717) is 0 Å². The van der Waals surface area contributed by atoms with Crippen LogP contribution in [0.5, 0.6) is 0 Å². The molecule has 86 valence electrons. The van der Waals surface area contributed by atoms with Crippen LogP contribution in [0.3, 0.4) is 0 Å². The normalized spacial score (nSPS) is 19.9. The van der Waals surface area contributed by atoms with Crippen LogP contribution in [-0.2, 0) is 0 Å². The lowest BCUT2D eigenvalue weighted by molar-refractivity contribution is 0.0899. The quantitative estimate of drug-likeness (QED) is 0.695. The van der Waals surface area contributed by atoms with Crippen molar-refractivity contribution in [1.82, 2.24) is 0 Å². The molecule has 1 saturated carbocycles. The molecule has 0 spiro atoms. The summed E-state index contributed by atoms with van der Waals surface area (Å²) in [7, 11) is 0. The van der Waals surface area contributed by atoms with E-state index < -0.39 is 5.60 Å². The van der Waals surface area contributed by atoms with Crippen molar-refractivity contribution in [2.24, 2.45) is 0 Å². The minimum atomic E-state index is -0.561. The Morgan fingerprint density at radius 3 is 2.20 bits per heavy atom. The Morgan fingerprint density at radius 2 is 1.80 bits per heavy atom.